The van der Waals surface area contributed by atoms with Gasteiger partial charge in [0.25, 0.3) is 10.0 Å². The third kappa shape index (κ3) is 2.49. The van der Waals surface area contributed by atoms with Crippen LogP contribution in [0.3, 0.4) is 0 Å². The lowest BCUT2D eigenvalue weighted by Gasteiger charge is -2.04. The second kappa shape index (κ2) is 4.63. The highest BCUT2D eigenvalue weighted by Gasteiger charge is 2.21. The number of nitrogens with zero attached hydrogens (tertiary/aromatic N) is 4. The number of hydrogen-bond acceptors (Lipinski definition) is 7. The van der Waals surface area contributed by atoms with Gasteiger partial charge in [0, 0.05) is 7.05 Å². The maximum atomic E-state index is 12.0. The lowest BCUT2D eigenvalue weighted by atomic mass is 10.6. The van der Waals surface area contributed by atoms with E-state index in [4.69, 9.17) is 5.73 Å². The summed E-state index contributed by atoms with van der Waals surface area (Å²) in [5.41, 5.74) is 5.87. The Labute approximate surface area is 108 Å². The monoisotopic (exact) mass is 288 g/mol. The van der Waals surface area contributed by atoms with Crippen LogP contribution in [0.5, 0.6) is 0 Å². The quantitative estimate of drug-likeness (QED) is 0.793. The van der Waals surface area contributed by atoms with E-state index in [1.54, 1.807) is 18.5 Å². The van der Waals surface area contributed by atoms with Crippen molar-refractivity contribution in [2.75, 3.05) is 5.73 Å². The summed E-state index contributed by atoms with van der Waals surface area (Å²) in [5.74, 6) is 0.522. The number of thiazole rings is 1. The van der Waals surface area contributed by atoms with E-state index in [1.165, 1.54) is 6.33 Å². The molecule has 0 atom stereocenters. The molecule has 0 fully saturated rings. The number of rotatable bonds is 4. The molecule has 10 heteroatoms. The van der Waals surface area contributed by atoms with Crippen LogP contribution in [0.1, 0.15) is 11.5 Å². The van der Waals surface area contributed by atoms with Gasteiger partial charge in [-0.3, -0.25) is 0 Å². The molecule has 0 saturated heterocycles. The van der Waals surface area contributed by atoms with E-state index >= 15 is 0 Å². The van der Waals surface area contributed by atoms with Gasteiger partial charge in [0.2, 0.25) is 0 Å². The van der Waals surface area contributed by atoms with Crippen LogP contribution < -0.4 is 10.5 Å². The fourth-order valence-corrected chi connectivity index (χ4v) is 3.67. The van der Waals surface area contributed by atoms with E-state index in [2.05, 4.69) is 19.9 Å². The molecule has 0 saturated carbocycles. The maximum Gasteiger partial charge on any atom is 0.252 e. The van der Waals surface area contributed by atoms with Crippen LogP contribution in [-0.4, -0.2) is 28.2 Å². The summed E-state index contributed by atoms with van der Waals surface area (Å²) in [6, 6.07) is 0. The van der Waals surface area contributed by atoms with Gasteiger partial charge in [-0.1, -0.05) is 11.3 Å². The van der Waals surface area contributed by atoms with Crippen LogP contribution in [0.25, 0.3) is 0 Å². The SMILES string of the molecule is Cc1nc(N)sc1S(=O)(=O)NCc1nncn1C. The summed E-state index contributed by atoms with van der Waals surface area (Å²) in [7, 11) is -1.88. The molecule has 0 bridgehead atoms. The minimum absolute atomic E-state index is 0.0656. The molecular weight excluding hydrogens is 276 g/mol. The zero-order valence-corrected chi connectivity index (χ0v) is 11.4. The molecule has 0 aliphatic carbocycles. The topological polar surface area (TPSA) is 116 Å². The molecule has 0 spiro atoms. The number of aryl methyl sites for hydroxylation is 2. The highest BCUT2D eigenvalue weighted by atomic mass is 32.2. The van der Waals surface area contributed by atoms with Crippen LogP contribution in [0, 0.1) is 6.92 Å². The molecule has 18 heavy (non-hydrogen) atoms. The third-order valence-corrected chi connectivity index (χ3v) is 5.24. The first-order chi connectivity index (χ1) is 8.40. The first kappa shape index (κ1) is 12.9. The van der Waals surface area contributed by atoms with Gasteiger partial charge in [-0.2, -0.15) is 0 Å². The van der Waals surface area contributed by atoms with E-state index in [0.717, 1.165) is 11.3 Å². The van der Waals surface area contributed by atoms with E-state index in [-0.39, 0.29) is 15.9 Å². The minimum Gasteiger partial charge on any atom is -0.375 e. The molecule has 0 unspecified atom stereocenters. The number of nitrogen functional groups attached to an aromatic ring is 1. The number of aromatic nitrogens is 4. The summed E-state index contributed by atoms with van der Waals surface area (Å²) in [6.45, 7) is 1.67. The summed E-state index contributed by atoms with van der Waals surface area (Å²) < 4.78 is 28.2. The van der Waals surface area contributed by atoms with Crippen LogP contribution >= 0.6 is 11.3 Å². The molecule has 0 aliphatic rings. The molecule has 0 amide bonds. The van der Waals surface area contributed by atoms with Crippen molar-refractivity contribution in [2.24, 2.45) is 7.05 Å². The van der Waals surface area contributed by atoms with Gasteiger partial charge < -0.3 is 10.3 Å². The number of nitrogens with two attached hydrogens (primary N) is 1. The number of anilines is 1. The van der Waals surface area contributed by atoms with Gasteiger partial charge in [0.05, 0.1) is 12.2 Å². The number of nitrogens with one attached hydrogen (secondary N) is 1. The first-order valence-electron chi connectivity index (χ1n) is 4.95. The smallest absolute Gasteiger partial charge is 0.252 e. The Morgan fingerprint density at radius 3 is 2.78 bits per heavy atom. The van der Waals surface area contributed by atoms with Gasteiger partial charge in [-0.15, -0.1) is 10.2 Å². The number of sulfonamides is 1. The summed E-state index contributed by atoms with van der Waals surface area (Å²) >= 11 is 0.936. The first-order valence-corrected chi connectivity index (χ1v) is 7.25. The summed E-state index contributed by atoms with van der Waals surface area (Å²) in [4.78, 5) is 3.88. The van der Waals surface area contributed by atoms with Crippen LogP contribution in [0.2, 0.25) is 0 Å². The second-order valence-corrected chi connectivity index (χ2v) is 6.60. The highest BCUT2D eigenvalue weighted by Crippen LogP contribution is 2.24. The Bertz CT molecular complexity index is 659. The maximum absolute atomic E-state index is 12.0. The van der Waals surface area contributed by atoms with Crippen molar-refractivity contribution >= 4 is 26.5 Å². The van der Waals surface area contributed by atoms with E-state index < -0.39 is 10.0 Å². The van der Waals surface area contributed by atoms with Crippen LogP contribution in [-0.2, 0) is 23.6 Å². The van der Waals surface area contributed by atoms with Gasteiger partial charge in [0.1, 0.15) is 12.2 Å². The van der Waals surface area contributed by atoms with Crippen molar-refractivity contribution < 1.29 is 8.42 Å². The largest absolute Gasteiger partial charge is 0.375 e. The average Bonchev–Trinajstić information content (AvgIpc) is 2.82. The van der Waals surface area contributed by atoms with Crippen molar-refractivity contribution in [3.05, 3.63) is 17.8 Å². The molecule has 0 radical (unpaired) electrons. The Hall–Kier alpha value is -1.52. The molecule has 3 N–H and O–H groups in total. The summed E-state index contributed by atoms with van der Waals surface area (Å²) in [6.07, 6.45) is 1.50. The summed E-state index contributed by atoms with van der Waals surface area (Å²) in [5, 5.41) is 7.68. The Balaban J connectivity index is 2.18. The van der Waals surface area contributed by atoms with Crippen molar-refractivity contribution in [3.63, 3.8) is 0 Å². The predicted molar refractivity (Wildman–Crippen MR) is 66.3 cm³/mol. The van der Waals surface area contributed by atoms with Gasteiger partial charge >= 0.3 is 0 Å². The van der Waals surface area contributed by atoms with Crippen LogP contribution in [0.4, 0.5) is 5.13 Å². The molecule has 2 aromatic rings. The molecule has 2 heterocycles. The Morgan fingerprint density at radius 1 is 1.56 bits per heavy atom. The molecule has 2 aromatic heterocycles. The molecule has 8 nitrogen and oxygen atoms in total. The average molecular weight is 288 g/mol. The zero-order chi connectivity index (χ0) is 13.3. The molecule has 2 rings (SSSR count). The fourth-order valence-electron chi connectivity index (χ4n) is 1.34. The second-order valence-electron chi connectivity index (χ2n) is 3.61. The van der Waals surface area contributed by atoms with Gasteiger partial charge in [-0.25, -0.2) is 18.1 Å². The number of hydrogen-bond donors (Lipinski definition) is 2. The normalized spacial score (nSPS) is 11.9. The lowest BCUT2D eigenvalue weighted by Crippen LogP contribution is -2.24. The lowest BCUT2D eigenvalue weighted by molar-refractivity contribution is 0.578. The Kier molecular flexibility index (Phi) is 3.32. The molecule has 0 aliphatic heterocycles. The fraction of sp³-hybridized carbons (Fsp3) is 0.375. The van der Waals surface area contributed by atoms with Crippen molar-refractivity contribution in [2.45, 2.75) is 17.7 Å². The van der Waals surface area contributed by atoms with E-state index in [1.807, 2.05) is 0 Å². The van der Waals surface area contributed by atoms with Crippen molar-refractivity contribution in [3.8, 4) is 0 Å². The molecule has 98 valence electrons. The highest BCUT2D eigenvalue weighted by molar-refractivity contribution is 7.91. The third-order valence-electron chi connectivity index (χ3n) is 2.24. The van der Waals surface area contributed by atoms with Crippen molar-refractivity contribution in [1.29, 1.82) is 0 Å². The van der Waals surface area contributed by atoms with Gasteiger partial charge in [-0.05, 0) is 6.92 Å². The van der Waals surface area contributed by atoms with Crippen molar-refractivity contribution in [1.82, 2.24) is 24.5 Å². The predicted octanol–water partition coefficient (Wildman–Crippen LogP) is -0.359. The van der Waals surface area contributed by atoms with E-state index in [0.29, 0.717) is 11.5 Å². The minimum atomic E-state index is -3.62. The standard InChI is InChI=1S/C8H12N6O2S2/c1-5-7(17-8(9)12-5)18(15,16)11-3-6-13-10-4-14(6)2/h4,11H,3H2,1-2H3,(H2,9,12). The molecule has 0 aromatic carbocycles. The van der Waals surface area contributed by atoms with Gasteiger partial charge in [0.15, 0.2) is 9.34 Å². The zero-order valence-electron chi connectivity index (χ0n) is 9.78. The van der Waals surface area contributed by atoms with E-state index in [9.17, 15) is 8.42 Å². The molecular formula is C8H12N6O2S2. The Morgan fingerprint density at radius 2 is 2.28 bits per heavy atom. The van der Waals surface area contributed by atoms with Crippen LogP contribution in [0.15, 0.2) is 10.5 Å².